The van der Waals surface area contributed by atoms with E-state index in [1.165, 1.54) is 24.3 Å². The molecule has 4 amide bonds. The maximum absolute atomic E-state index is 12.1. The second-order valence-corrected chi connectivity index (χ2v) is 13.1. The lowest BCUT2D eigenvalue weighted by Crippen LogP contribution is -2.30. The number of esters is 2. The number of aliphatic hydroxyl groups is 2. The number of nitrogens with zero attached hydrogens (tertiary/aromatic N) is 2. The molecule has 284 valence electrons. The van der Waals surface area contributed by atoms with Crippen LogP contribution in [0.25, 0.3) is 0 Å². The number of rotatable bonds is 22. The molecular weight excluding hydrogens is 688 g/mol. The lowest BCUT2D eigenvalue weighted by Gasteiger charge is -2.26. The molecule has 0 saturated heterocycles. The zero-order valence-electron chi connectivity index (χ0n) is 29.9. The minimum atomic E-state index is -1.44. The van der Waals surface area contributed by atoms with Crippen LogP contribution in [0.1, 0.15) is 76.3 Å². The summed E-state index contributed by atoms with van der Waals surface area (Å²) in [6, 6.07) is 14.6. The van der Waals surface area contributed by atoms with Gasteiger partial charge < -0.3 is 29.2 Å². The van der Waals surface area contributed by atoms with Crippen LogP contribution in [0.2, 0.25) is 0 Å². The van der Waals surface area contributed by atoms with E-state index in [-0.39, 0.29) is 49.7 Å². The first-order valence-corrected chi connectivity index (χ1v) is 17.6. The maximum Gasteiger partial charge on any atom is 0.308 e. The number of aliphatic hydroxyl groups excluding tert-OH is 2. The van der Waals surface area contributed by atoms with Crippen molar-refractivity contribution in [1.82, 2.24) is 9.80 Å². The predicted octanol–water partition coefficient (Wildman–Crippen LogP) is 3.46. The number of benzene rings is 2. The normalized spacial score (nSPS) is 15.2. The van der Waals surface area contributed by atoms with Crippen LogP contribution in [0, 0.1) is 0 Å². The van der Waals surface area contributed by atoms with Crippen LogP contribution in [0.15, 0.2) is 72.8 Å². The van der Waals surface area contributed by atoms with Gasteiger partial charge in [-0.15, -0.1) is 0 Å². The van der Waals surface area contributed by atoms with Gasteiger partial charge in [0, 0.05) is 55.7 Å². The van der Waals surface area contributed by atoms with Gasteiger partial charge >= 0.3 is 11.9 Å². The van der Waals surface area contributed by atoms with E-state index in [1.807, 2.05) is 24.3 Å². The second-order valence-electron chi connectivity index (χ2n) is 13.1. The first kappa shape index (κ1) is 40.4. The zero-order chi connectivity index (χ0) is 38.4. The Bertz CT molecular complexity index is 1510. The van der Waals surface area contributed by atoms with Gasteiger partial charge in [-0.05, 0) is 61.1 Å². The summed E-state index contributed by atoms with van der Waals surface area (Å²) in [5.41, 5.74) is 1.56. The molecule has 14 nitrogen and oxygen atoms in total. The molecule has 0 aliphatic carbocycles. The predicted molar refractivity (Wildman–Crippen MR) is 189 cm³/mol. The molecule has 2 aliphatic heterocycles. The van der Waals surface area contributed by atoms with E-state index in [9.17, 15) is 39.0 Å². The van der Waals surface area contributed by atoms with Gasteiger partial charge in [0.1, 0.15) is 11.5 Å². The highest BCUT2D eigenvalue weighted by Crippen LogP contribution is 2.33. The van der Waals surface area contributed by atoms with E-state index in [0.717, 1.165) is 20.9 Å². The first-order chi connectivity index (χ1) is 25.3. The Morgan fingerprint density at radius 3 is 1.25 bits per heavy atom. The Labute approximate surface area is 307 Å². The average molecular weight is 735 g/mol. The monoisotopic (exact) mass is 734 g/mol. The number of hydrogen-bond acceptors (Lipinski definition) is 12. The van der Waals surface area contributed by atoms with Crippen molar-refractivity contribution in [1.29, 1.82) is 0 Å². The van der Waals surface area contributed by atoms with E-state index >= 15 is 0 Å². The summed E-state index contributed by atoms with van der Waals surface area (Å²) in [5.74, 6) is -1.51. The number of ether oxygens (including phenoxy) is 4. The Kier molecular flexibility index (Phi) is 14.9. The third-order valence-corrected chi connectivity index (χ3v) is 8.80. The standard InChI is InChI=1S/C39H46N2O12/c1-39(2,27-11-15-29(16-12-27)50-25-37(48)52-35(46)9-5-3-7-23-40-31(42)19-20-32(40)43)28-13-17-30(18-14-28)51-26-38(49)53-36(47)10-6-4-8-24-41-33(44)21-22-34(41)45/h11-22,37-38,48-49H,3-10,23-26H2,1-2H3. The largest absolute Gasteiger partial charge is 0.487 e. The van der Waals surface area contributed by atoms with Crippen LogP contribution >= 0.6 is 0 Å². The van der Waals surface area contributed by atoms with Crippen molar-refractivity contribution in [3.63, 3.8) is 0 Å². The van der Waals surface area contributed by atoms with Crippen molar-refractivity contribution in [2.75, 3.05) is 26.3 Å². The third kappa shape index (κ3) is 12.4. The highest BCUT2D eigenvalue weighted by atomic mass is 16.7. The van der Waals surface area contributed by atoms with Crippen molar-refractivity contribution < 1.29 is 57.9 Å². The van der Waals surface area contributed by atoms with Gasteiger partial charge in [-0.1, -0.05) is 51.0 Å². The maximum atomic E-state index is 12.1. The SMILES string of the molecule is CC(C)(c1ccc(OCC(O)OC(=O)CCCCCN2C(=O)C=CC2=O)cc1)c1ccc(OCC(O)OC(=O)CCCCCN2C(=O)C=CC2=O)cc1. The molecule has 2 aliphatic rings. The fourth-order valence-electron chi connectivity index (χ4n) is 5.66. The summed E-state index contributed by atoms with van der Waals surface area (Å²) in [4.78, 5) is 72.7. The van der Waals surface area contributed by atoms with Crippen molar-refractivity contribution >= 4 is 35.6 Å². The van der Waals surface area contributed by atoms with Gasteiger partial charge in [-0.3, -0.25) is 38.6 Å². The van der Waals surface area contributed by atoms with E-state index in [0.29, 0.717) is 63.1 Å². The van der Waals surface area contributed by atoms with E-state index < -0.39 is 29.9 Å². The number of hydrogen-bond donors (Lipinski definition) is 2. The number of carbonyl (C=O) groups excluding carboxylic acids is 6. The molecule has 0 spiro atoms. The van der Waals surface area contributed by atoms with Crippen LogP contribution < -0.4 is 9.47 Å². The smallest absolute Gasteiger partial charge is 0.308 e. The molecule has 2 unspecified atom stereocenters. The molecule has 0 bridgehead atoms. The molecule has 0 aromatic heterocycles. The van der Waals surface area contributed by atoms with Gasteiger partial charge in [-0.25, -0.2) is 0 Å². The molecule has 0 radical (unpaired) electrons. The Morgan fingerprint density at radius 1 is 0.566 bits per heavy atom. The molecule has 2 heterocycles. The van der Waals surface area contributed by atoms with E-state index in [4.69, 9.17) is 18.9 Å². The Morgan fingerprint density at radius 2 is 0.906 bits per heavy atom. The summed E-state index contributed by atoms with van der Waals surface area (Å²) in [5, 5.41) is 20.2. The van der Waals surface area contributed by atoms with E-state index in [2.05, 4.69) is 13.8 Å². The molecule has 2 N–H and O–H groups in total. The van der Waals surface area contributed by atoms with Crippen molar-refractivity contribution in [2.24, 2.45) is 0 Å². The molecule has 2 atom stereocenters. The van der Waals surface area contributed by atoms with Gasteiger partial charge in [-0.2, -0.15) is 0 Å². The Balaban J connectivity index is 1.10. The topological polar surface area (TPSA) is 186 Å². The molecule has 53 heavy (non-hydrogen) atoms. The second kappa shape index (κ2) is 19.5. The summed E-state index contributed by atoms with van der Waals surface area (Å²) < 4.78 is 21.2. The Hall–Kier alpha value is -5.34. The van der Waals surface area contributed by atoms with Gasteiger partial charge in [0.05, 0.1) is 0 Å². The summed E-state index contributed by atoms with van der Waals surface area (Å²) in [6.45, 7) is 4.19. The third-order valence-electron chi connectivity index (χ3n) is 8.80. The molecule has 4 rings (SSSR count). The molecule has 2 aromatic rings. The van der Waals surface area contributed by atoms with Crippen LogP contribution in [0.5, 0.6) is 11.5 Å². The van der Waals surface area contributed by atoms with Crippen LogP contribution in [0.4, 0.5) is 0 Å². The molecule has 2 aromatic carbocycles. The molecule has 0 saturated carbocycles. The van der Waals surface area contributed by atoms with Gasteiger partial charge in [0.25, 0.3) is 23.6 Å². The summed E-state index contributed by atoms with van der Waals surface area (Å²) >= 11 is 0. The first-order valence-electron chi connectivity index (χ1n) is 17.6. The molecule has 14 heteroatoms. The summed E-state index contributed by atoms with van der Waals surface area (Å²) in [6.07, 6.45) is 5.55. The number of unbranched alkanes of at least 4 members (excludes halogenated alkanes) is 4. The van der Waals surface area contributed by atoms with E-state index in [1.54, 1.807) is 24.3 Å². The van der Waals surface area contributed by atoms with Crippen molar-refractivity contribution in [3.8, 4) is 11.5 Å². The highest BCUT2D eigenvalue weighted by Gasteiger charge is 2.25. The van der Waals surface area contributed by atoms with Gasteiger partial charge in [0.15, 0.2) is 13.2 Å². The van der Waals surface area contributed by atoms with Crippen molar-refractivity contribution in [2.45, 2.75) is 83.2 Å². The van der Waals surface area contributed by atoms with Crippen LogP contribution in [-0.2, 0) is 43.7 Å². The fraction of sp³-hybridized carbons (Fsp3) is 0.436. The quantitative estimate of drug-likeness (QED) is 0.0778. The lowest BCUT2D eigenvalue weighted by molar-refractivity contribution is -0.173. The fourth-order valence-corrected chi connectivity index (χ4v) is 5.66. The molecule has 0 fully saturated rings. The number of amides is 4. The minimum Gasteiger partial charge on any atom is -0.487 e. The zero-order valence-corrected chi connectivity index (χ0v) is 29.9. The number of imide groups is 2. The molecular formula is C39H46N2O12. The lowest BCUT2D eigenvalue weighted by atomic mass is 9.78. The minimum absolute atomic E-state index is 0.0861. The summed E-state index contributed by atoms with van der Waals surface area (Å²) in [7, 11) is 0. The number of carbonyl (C=O) groups is 6. The average Bonchev–Trinajstić information content (AvgIpc) is 3.63. The highest BCUT2D eigenvalue weighted by molar-refractivity contribution is 6.13. The van der Waals surface area contributed by atoms with Crippen LogP contribution in [0.3, 0.4) is 0 Å². The van der Waals surface area contributed by atoms with Crippen LogP contribution in [-0.4, -0.2) is 94.5 Å². The van der Waals surface area contributed by atoms with Crippen molar-refractivity contribution in [3.05, 3.63) is 84.0 Å². The van der Waals surface area contributed by atoms with Gasteiger partial charge in [0.2, 0.25) is 12.6 Å².